The summed E-state index contributed by atoms with van der Waals surface area (Å²) < 4.78 is 11.4. The summed E-state index contributed by atoms with van der Waals surface area (Å²) in [5, 5.41) is 0. The van der Waals surface area contributed by atoms with Crippen molar-refractivity contribution in [2.24, 2.45) is 5.73 Å². The predicted octanol–water partition coefficient (Wildman–Crippen LogP) is 2.02. The van der Waals surface area contributed by atoms with Crippen molar-refractivity contribution in [2.45, 2.75) is 58.1 Å². The first kappa shape index (κ1) is 16.9. The average Bonchev–Trinajstić information content (AvgIpc) is 2.44. The lowest BCUT2D eigenvalue weighted by atomic mass is 9.83. The van der Waals surface area contributed by atoms with E-state index in [1.807, 2.05) is 6.92 Å². The van der Waals surface area contributed by atoms with Crippen LogP contribution in [0.1, 0.15) is 46.5 Å². The van der Waals surface area contributed by atoms with Crippen LogP contribution in [0.2, 0.25) is 0 Å². The number of nitrogens with two attached hydrogens (primary N) is 1. The fourth-order valence-electron chi connectivity index (χ4n) is 3.16. The van der Waals surface area contributed by atoms with Crippen LogP contribution in [-0.4, -0.2) is 56.0 Å². The average molecular weight is 272 g/mol. The zero-order valence-corrected chi connectivity index (χ0v) is 13.0. The van der Waals surface area contributed by atoms with Crippen LogP contribution in [0.5, 0.6) is 0 Å². The second kappa shape index (κ2) is 8.90. The van der Waals surface area contributed by atoms with E-state index >= 15 is 0 Å². The van der Waals surface area contributed by atoms with E-state index in [4.69, 9.17) is 15.2 Å². The lowest BCUT2D eigenvalue weighted by Gasteiger charge is -2.48. The zero-order chi connectivity index (χ0) is 14.1. The molecule has 0 radical (unpaired) electrons. The number of nitrogens with zero attached hydrogens (tertiary/aromatic N) is 1. The Hall–Kier alpha value is -0.160. The molecule has 4 nitrogen and oxygen atoms in total. The molecular formula is C15H32N2O2. The maximum absolute atomic E-state index is 6.14. The summed E-state index contributed by atoms with van der Waals surface area (Å²) in [6, 6.07) is 0. The van der Waals surface area contributed by atoms with E-state index < -0.39 is 0 Å². The van der Waals surface area contributed by atoms with Crippen molar-refractivity contribution in [1.82, 2.24) is 4.90 Å². The Kier molecular flexibility index (Phi) is 7.91. The number of rotatable bonds is 9. The quantitative estimate of drug-likeness (QED) is 0.652. The van der Waals surface area contributed by atoms with Gasteiger partial charge in [-0.15, -0.1) is 0 Å². The Balaban J connectivity index is 2.64. The Morgan fingerprint density at radius 3 is 2.74 bits per heavy atom. The standard InChI is InChI=1S/C15H32N2O2/c1-4-7-14-12-15(13-16,8-10-19-14)17(5-2)9-11-18-6-3/h14H,4-13,16H2,1-3H3. The normalized spacial score (nSPS) is 27.9. The first-order chi connectivity index (χ1) is 9.22. The molecule has 1 rings (SSSR count). The minimum atomic E-state index is 0.115. The molecule has 0 aliphatic carbocycles. The van der Waals surface area contributed by atoms with Gasteiger partial charge in [0.2, 0.25) is 0 Å². The fraction of sp³-hybridized carbons (Fsp3) is 1.00. The van der Waals surface area contributed by atoms with Crippen molar-refractivity contribution in [3.05, 3.63) is 0 Å². The Morgan fingerprint density at radius 1 is 1.37 bits per heavy atom. The molecule has 0 bridgehead atoms. The summed E-state index contributed by atoms with van der Waals surface area (Å²) in [5.41, 5.74) is 6.25. The molecular weight excluding hydrogens is 240 g/mol. The van der Waals surface area contributed by atoms with Gasteiger partial charge < -0.3 is 15.2 Å². The van der Waals surface area contributed by atoms with E-state index in [9.17, 15) is 0 Å². The molecule has 0 aromatic carbocycles. The summed E-state index contributed by atoms with van der Waals surface area (Å²) in [7, 11) is 0. The van der Waals surface area contributed by atoms with Gasteiger partial charge in [0.25, 0.3) is 0 Å². The molecule has 1 saturated heterocycles. The third kappa shape index (κ3) is 4.71. The minimum Gasteiger partial charge on any atom is -0.380 e. The van der Waals surface area contributed by atoms with Crippen LogP contribution in [0.15, 0.2) is 0 Å². The topological polar surface area (TPSA) is 47.7 Å². The van der Waals surface area contributed by atoms with Gasteiger partial charge in [0, 0.05) is 31.8 Å². The molecule has 19 heavy (non-hydrogen) atoms. The number of hydrogen-bond acceptors (Lipinski definition) is 4. The van der Waals surface area contributed by atoms with E-state index in [0.29, 0.717) is 6.10 Å². The monoisotopic (exact) mass is 272 g/mol. The second-order valence-corrected chi connectivity index (χ2v) is 5.44. The third-order valence-electron chi connectivity index (χ3n) is 4.28. The van der Waals surface area contributed by atoms with Gasteiger partial charge in [-0.1, -0.05) is 20.3 Å². The number of ether oxygens (including phenoxy) is 2. The highest BCUT2D eigenvalue weighted by molar-refractivity contribution is 4.96. The van der Waals surface area contributed by atoms with Gasteiger partial charge >= 0.3 is 0 Å². The van der Waals surface area contributed by atoms with E-state index in [1.54, 1.807) is 0 Å². The van der Waals surface area contributed by atoms with Gasteiger partial charge in [-0.3, -0.25) is 4.90 Å². The molecule has 1 aliphatic rings. The summed E-state index contributed by atoms with van der Waals surface area (Å²) in [5.74, 6) is 0. The molecule has 4 heteroatoms. The van der Waals surface area contributed by atoms with Crippen molar-refractivity contribution in [2.75, 3.05) is 39.5 Å². The molecule has 1 heterocycles. The van der Waals surface area contributed by atoms with E-state index in [0.717, 1.165) is 58.7 Å². The van der Waals surface area contributed by atoms with Gasteiger partial charge in [0.1, 0.15) is 0 Å². The van der Waals surface area contributed by atoms with Crippen LogP contribution in [-0.2, 0) is 9.47 Å². The van der Waals surface area contributed by atoms with Crippen LogP contribution >= 0.6 is 0 Å². The maximum atomic E-state index is 6.14. The van der Waals surface area contributed by atoms with Crippen LogP contribution in [0, 0.1) is 0 Å². The molecule has 1 aliphatic heterocycles. The number of likely N-dealkylation sites (N-methyl/N-ethyl adjacent to an activating group) is 1. The van der Waals surface area contributed by atoms with Gasteiger partial charge in [0.15, 0.2) is 0 Å². The zero-order valence-electron chi connectivity index (χ0n) is 13.0. The molecule has 114 valence electrons. The molecule has 2 N–H and O–H groups in total. The molecule has 1 fully saturated rings. The van der Waals surface area contributed by atoms with Gasteiger partial charge in [0.05, 0.1) is 12.7 Å². The molecule has 2 unspecified atom stereocenters. The molecule has 0 aromatic heterocycles. The van der Waals surface area contributed by atoms with Crippen molar-refractivity contribution in [3.63, 3.8) is 0 Å². The highest BCUT2D eigenvalue weighted by Crippen LogP contribution is 2.31. The molecule has 0 spiro atoms. The largest absolute Gasteiger partial charge is 0.380 e. The molecule has 0 amide bonds. The predicted molar refractivity (Wildman–Crippen MR) is 79.4 cm³/mol. The third-order valence-corrected chi connectivity index (χ3v) is 4.28. The van der Waals surface area contributed by atoms with Gasteiger partial charge in [-0.25, -0.2) is 0 Å². The maximum Gasteiger partial charge on any atom is 0.0593 e. The van der Waals surface area contributed by atoms with Crippen LogP contribution in [0.3, 0.4) is 0 Å². The first-order valence-corrected chi connectivity index (χ1v) is 7.86. The lowest BCUT2D eigenvalue weighted by molar-refractivity contribution is -0.0773. The molecule has 0 saturated carbocycles. The van der Waals surface area contributed by atoms with E-state index in [1.165, 1.54) is 6.42 Å². The van der Waals surface area contributed by atoms with Crippen LogP contribution in [0.25, 0.3) is 0 Å². The number of hydrogen-bond donors (Lipinski definition) is 1. The highest BCUT2D eigenvalue weighted by atomic mass is 16.5. The lowest BCUT2D eigenvalue weighted by Crippen LogP contribution is -2.59. The van der Waals surface area contributed by atoms with Gasteiger partial charge in [-0.05, 0) is 32.7 Å². The van der Waals surface area contributed by atoms with Crippen molar-refractivity contribution < 1.29 is 9.47 Å². The second-order valence-electron chi connectivity index (χ2n) is 5.44. The minimum absolute atomic E-state index is 0.115. The Morgan fingerprint density at radius 2 is 2.16 bits per heavy atom. The first-order valence-electron chi connectivity index (χ1n) is 7.86. The summed E-state index contributed by atoms with van der Waals surface area (Å²) in [6.45, 7) is 11.6. The Bertz CT molecular complexity index is 236. The van der Waals surface area contributed by atoms with Gasteiger partial charge in [-0.2, -0.15) is 0 Å². The summed E-state index contributed by atoms with van der Waals surface area (Å²) in [4.78, 5) is 2.51. The van der Waals surface area contributed by atoms with Crippen molar-refractivity contribution >= 4 is 0 Å². The summed E-state index contributed by atoms with van der Waals surface area (Å²) in [6.07, 6.45) is 4.81. The summed E-state index contributed by atoms with van der Waals surface area (Å²) >= 11 is 0. The smallest absolute Gasteiger partial charge is 0.0593 e. The highest BCUT2D eigenvalue weighted by Gasteiger charge is 2.39. The van der Waals surface area contributed by atoms with Crippen molar-refractivity contribution in [3.8, 4) is 0 Å². The van der Waals surface area contributed by atoms with Crippen LogP contribution < -0.4 is 5.73 Å². The molecule has 0 aromatic rings. The SMILES string of the molecule is CCCC1CC(CN)(N(CC)CCOCC)CCO1. The van der Waals surface area contributed by atoms with Crippen LogP contribution in [0.4, 0.5) is 0 Å². The van der Waals surface area contributed by atoms with E-state index in [2.05, 4.69) is 18.7 Å². The Labute approximate surface area is 118 Å². The fourth-order valence-corrected chi connectivity index (χ4v) is 3.16. The van der Waals surface area contributed by atoms with E-state index in [-0.39, 0.29) is 5.54 Å². The molecule has 2 atom stereocenters. The van der Waals surface area contributed by atoms with Crippen molar-refractivity contribution in [1.29, 1.82) is 0 Å².